The van der Waals surface area contributed by atoms with E-state index in [1.165, 1.54) is 17.7 Å². The molecule has 0 aliphatic rings. The van der Waals surface area contributed by atoms with Gasteiger partial charge in [0.05, 0.1) is 4.92 Å². The molecule has 6 nitrogen and oxygen atoms in total. The highest BCUT2D eigenvalue weighted by atomic mass is 16.6. The number of nitro groups is 1. The highest BCUT2D eigenvalue weighted by Crippen LogP contribution is 2.21. The number of nitrogens with zero attached hydrogens (tertiary/aromatic N) is 2. The second-order valence-corrected chi connectivity index (χ2v) is 5.94. The highest BCUT2D eigenvalue weighted by Gasteiger charge is 2.17. The SMILES string of the molecule is Cc1c(C(=O)NCc2ccc(CN(C)C)cc2)cccc1[N+](=O)[O-]. The predicted octanol–water partition coefficient (Wildman–Crippen LogP) is 2.89. The van der Waals surface area contributed by atoms with E-state index in [-0.39, 0.29) is 11.6 Å². The Kier molecular flexibility index (Phi) is 5.65. The monoisotopic (exact) mass is 327 g/mol. The lowest BCUT2D eigenvalue weighted by molar-refractivity contribution is -0.385. The molecule has 126 valence electrons. The Morgan fingerprint density at radius 3 is 2.33 bits per heavy atom. The van der Waals surface area contributed by atoms with Gasteiger partial charge in [-0.3, -0.25) is 14.9 Å². The summed E-state index contributed by atoms with van der Waals surface area (Å²) in [5.74, 6) is -0.312. The van der Waals surface area contributed by atoms with Gasteiger partial charge in [0.1, 0.15) is 0 Å². The Labute approximate surface area is 141 Å². The lowest BCUT2D eigenvalue weighted by Crippen LogP contribution is -2.23. The molecule has 0 heterocycles. The lowest BCUT2D eigenvalue weighted by Gasteiger charge is -2.11. The van der Waals surface area contributed by atoms with Gasteiger partial charge in [-0.2, -0.15) is 0 Å². The summed E-state index contributed by atoms with van der Waals surface area (Å²) in [6.07, 6.45) is 0. The molecule has 0 unspecified atom stereocenters. The van der Waals surface area contributed by atoms with Crippen molar-refractivity contribution in [1.82, 2.24) is 10.2 Å². The van der Waals surface area contributed by atoms with Crippen LogP contribution in [0.25, 0.3) is 0 Å². The number of carbonyl (C=O) groups is 1. The minimum Gasteiger partial charge on any atom is -0.348 e. The van der Waals surface area contributed by atoms with Gasteiger partial charge in [-0.15, -0.1) is 0 Å². The van der Waals surface area contributed by atoms with Crippen LogP contribution in [0.15, 0.2) is 42.5 Å². The summed E-state index contributed by atoms with van der Waals surface area (Å²) in [4.78, 5) is 24.8. The number of amides is 1. The van der Waals surface area contributed by atoms with Crippen molar-refractivity contribution in [2.45, 2.75) is 20.0 Å². The summed E-state index contributed by atoms with van der Waals surface area (Å²) in [5.41, 5.74) is 2.84. The number of rotatable bonds is 6. The first-order valence-electron chi connectivity index (χ1n) is 7.63. The zero-order chi connectivity index (χ0) is 17.7. The number of hydrogen-bond donors (Lipinski definition) is 1. The summed E-state index contributed by atoms with van der Waals surface area (Å²) < 4.78 is 0. The third-order valence-electron chi connectivity index (χ3n) is 3.72. The second kappa shape index (κ2) is 7.70. The first kappa shape index (κ1) is 17.6. The van der Waals surface area contributed by atoms with Gasteiger partial charge < -0.3 is 10.2 Å². The first-order valence-corrected chi connectivity index (χ1v) is 7.63. The third kappa shape index (κ3) is 4.39. The van der Waals surface area contributed by atoms with Crippen molar-refractivity contribution >= 4 is 11.6 Å². The molecule has 2 aromatic rings. The van der Waals surface area contributed by atoms with Crippen LogP contribution < -0.4 is 5.32 Å². The summed E-state index contributed by atoms with van der Waals surface area (Å²) in [6, 6.07) is 12.5. The van der Waals surface area contributed by atoms with Crippen LogP contribution in [0.2, 0.25) is 0 Å². The van der Waals surface area contributed by atoms with E-state index in [2.05, 4.69) is 10.2 Å². The maximum atomic E-state index is 12.3. The number of carbonyl (C=O) groups excluding carboxylic acids is 1. The summed E-state index contributed by atoms with van der Waals surface area (Å²) >= 11 is 0. The smallest absolute Gasteiger partial charge is 0.273 e. The van der Waals surface area contributed by atoms with E-state index >= 15 is 0 Å². The van der Waals surface area contributed by atoms with Gasteiger partial charge in [0.2, 0.25) is 0 Å². The molecular weight excluding hydrogens is 306 g/mol. The van der Waals surface area contributed by atoms with E-state index < -0.39 is 4.92 Å². The third-order valence-corrected chi connectivity index (χ3v) is 3.72. The van der Waals surface area contributed by atoms with Crippen LogP contribution in [0.4, 0.5) is 5.69 Å². The van der Waals surface area contributed by atoms with Crippen molar-refractivity contribution in [3.63, 3.8) is 0 Å². The van der Waals surface area contributed by atoms with Crippen LogP contribution in [0.5, 0.6) is 0 Å². The van der Waals surface area contributed by atoms with Crippen LogP contribution >= 0.6 is 0 Å². The molecule has 0 radical (unpaired) electrons. The number of benzene rings is 2. The fourth-order valence-corrected chi connectivity index (χ4v) is 2.47. The molecule has 0 aliphatic heterocycles. The number of hydrogen-bond acceptors (Lipinski definition) is 4. The maximum Gasteiger partial charge on any atom is 0.273 e. The zero-order valence-corrected chi connectivity index (χ0v) is 14.1. The van der Waals surface area contributed by atoms with Crippen molar-refractivity contribution in [1.29, 1.82) is 0 Å². The minimum absolute atomic E-state index is 0.0457. The van der Waals surface area contributed by atoms with E-state index in [4.69, 9.17) is 0 Å². The number of nitro benzene ring substituents is 1. The Morgan fingerprint density at radius 2 is 1.75 bits per heavy atom. The van der Waals surface area contributed by atoms with Gasteiger partial charge in [0.25, 0.3) is 11.6 Å². The molecular formula is C18H21N3O3. The highest BCUT2D eigenvalue weighted by molar-refractivity contribution is 5.96. The van der Waals surface area contributed by atoms with Gasteiger partial charge in [0.15, 0.2) is 0 Å². The second-order valence-electron chi connectivity index (χ2n) is 5.94. The van der Waals surface area contributed by atoms with Gasteiger partial charge in [0, 0.05) is 30.3 Å². The van der Waals surface area contributed by atoms with Crippen molar-refractivity contribution in [3.8, 4) is 0 Å². The minimum atomic E-state index is -0.477. The Hall–Kier alpha value is -2.73. The molecule has 2 aromatic carbocycles. The largest absolute Gasteiger partial charge is 0.348 e. The maximum absolute atomic E-state index is 12.3. The molecule has 6 heteroatoms. The topological polar surface area (TPSA) is 75.5 Å². The number of nitrogens with one attached hydrogen (secondary N) is 1. The molecule has 0 bridgehead atoms. The predicted molar refractivity (Wildman–Crippen MR) is 92.8 cm³/mol. The molecule has 0 saturated heterocycles. The van der Waals surface area contributed by atoms with E-state index in [0.717, 1.165) is 12.1 Å². The van der Waals surface area contributed by atoms with E-state index in [0.29, 0.717) is 17.7 Å². The first-order chi connectivity index (χ1) is 11.4. The summed E-state index contributed by atoms with van der Waals surface area (Å²) in [6.45, 7) is 2.83. The normalized spacial score (nSPS) is 10.7. The standard InChI is InChI=1S/C18H21N3O3/c1-13-16(5-4-6-17(13)21(23)24)18(22)19-11-14-7-9-15(10-8-14)12-20(2)3/h4-10H,11-12H2,1-3H3,(H,19,22). The molecule has 1 N–H and O–H groups in total. The molecule has 0 fully saturated rings. The van der Waals surface area contributed by atoms with E-state index in [1.807, 2.05) is 38.4 Å². The molecule has 1 amide bonds. The van der Waals surface area contributed by atoms with Crippen molar-refractivity contribution in [2.75, 3.05) is 14.1 Å². The van der Waals surface area contributed by atoms with Gasteiger partial charge in [-0.05, 0) is 38.2 Å². The van der Waals surface area contributed by atoms with Gasteiger partial charge in [-0.1, -0.05) is 30.3 Å². The van der Waals surface area contributed by atoms with Crippen molar-refractivity contribution in [2.24, 2.45) is 0 Å². The molecule has 0 saturated carbocycles. The van der Waals surface area contributed by atoms with E-state index in [1.54, 1.807) is 13.0 Å². The molecule has 24 heavy (non-hydrogen) atoms. The Bertz CT molecular complexity index is 740. The van der Waals surface area contributed by atoms with Crippen LogP contribution in [0.1, 0.15) is 27.0 Å². The summed E-state index contributed by atoms with van der Waals surface area (Å²) in [7, 11) is 4.02. The van der Waals surface area contributed by atoms with Crippen LogP contribution in [-0.4, -0.2) is 29.8 Å². The molecule has 2 rings (SSSR count). The van der Waals surface area contributed by atoms with Crippen molar-refractivity contribution < 1.29 is 9.72 Å². The lowest BCUT2D eigenvalue weighted by atomic mass is 10.1. The van der Waals surface area contributed by atoms with Crippen molar-refractivity contribution in [3.05, 3.63) is 74.8 Å². The average Bonchev–Trinajstić information content (AvgIpc) is 2.53. The van der Waals surface area contributed by atoms with Crippen LogP contribution in [0, 0.1) is 17.0 Å². The quantitative estimate of drug-likeness (QED) is 0.654. The van der Waals surface area contributed by atoms with E-state index in [9.17, 15) is 14.9 Å². The molecule has 0 aliphatic carbocycles. The fourth-order valence-electron chi connectivity index (χ4n) is 2.47. The van der Waals surface area contributed by atoms with Crippen LogP contribution in [-0.2, 0) is 13.1 Å². The fraction of sp³-hybridized carbons (Fsp3) is 0.278. The molecule has 0 spiro atoms. The molecule has 0 aromatic heterocycles. The summed E-state index contributed by atoms with van der Waals surface area (Å²) in [5, 5.41) is 13.8. The molecule has 0 atom stereocenters. The van der Waals surface area contributed by atoms with Crippen LogP contribution in [0.3, 0.4) is 0 Å². The Morgan fingerprint density at radius 1 is 1.12 bits per heavy atom. The van der Waals surface area contributed by atoms with Gasteiger partial charge in [-0.25, -0.2) is 0 Å². The van der Waals surface area contributed by atoms with Gasteiger partial charge >= 0.3 is 0 Å². The Balaban J connectivity index is 2.03. The zero-order valence-electron chi connectivity index (χ0n) is 14.1. The average molecular weight is 327 g/mol.